The maximum atomic E-state index is 12.8. The van der Waals surface area contributed by atoms with Crippen molar-refractivity contribution in [3.05, 3.63) is 5.38 Å². The Morgan fingerprint density at radius 3 is 2.96 bits per heavy atom. The van der Waals surface area contributed by atoms with Crippen molar-refractivity contribution in [2.75, 3.05) is 25.1 Å². The summed E-state index contributed by atoms with van der Waals surface area (Å²) in [5, 5.41) is 23.9. The van der Waals surface area contributed by atoms with Crippen LogP contribution in [0.4, 0.5) is 5.69 Å². The van der Waals surface area contributed by atoms with Gasteiger partial charge in [-0.15, -0.1) is 20.1 Å². The van der Waals surface area contributed by atoms with Crippen molar-refractivity contribution in [2.24, 2.45) is 8.80 Å². The SMILES string of the molecule is CCOC1=NS(=O)N=C1Nc1csc(S(=O)(=O)N2CCCC2CO)c1O. The Balaban J connectivity index is 1.86. The van der Waals surface area contributed by atoms with Crippen LogP contribution in [-0.2, 0) is 25.9 Å². The van der Waals surface area contributed by atoms with Crippen LogP contribution in [-0.4, -0.2) is 64.7 Å². The van der Waals surface area contributed by atoms with Gasteiger partial charge in [-0.3, -0.25) is 0 Å². The van der Waals surface area contributed by atoms with Crippen molar-refractivity contribution in [1.82, 2.24) is 4.31 Å². The summed E-state index contributed by atoms with van der Waals surface area (Å²) >= 11 is -0.981. The van der Waals surface area contributed by atoms with Crippen molar-refractivity contribution in [1.29, 1.82) is 0 Å². The number of nitrogens with one attached hydrogen (secondary N) is 1. The van der Waals surface area contributed by atoms with Gasteiger partial charge in [-0.2, -0.15) is 4.31 Å². The summed E-state index contributed by atoms with van der Waals surface area (Å²) in [4.78, 5) is 0. The first-order chi connectivity index (χ1) is 12.4. The van der Waals surface area contributed by atoms with Crippen LogP contribution in [0.3, 0.4) is 0 Å². The van der Waals surface area contributed by atoms with E-state index in [0.29, 0.717) is 19.4 Å². The normalized spacial score (nSPS) is 23.8. The molecule has 2 unspecified atom stereocenters. The third-order valence-electron chi connectivity index (χ3n) is 3.88. The molecular formula is C13H18N4O6S3. The van der Waals surface area contributed by atoms with Crippen LogP contribution < -0.4 is 5.32 Å². The number of hydrogen-bond acceptors (Lipinski definition) is 8. The fourth-order valence-corrected chi connectivity index (χ4v) is 6.35. The number of thiophene rings is 1. The molecule has 0 aliphatic carbocycles. The lowest BCUT2D eigenvalue weighted by Crippen LogP contribution is -2.37. The minimum atomic E-state index is -3.94. The van der Waals surface area contributed by atoms with E-state index in [1.165, 1.54) is 9.69 Å². The van der Waals surface area contributed by atoms with E-state index in [1.807, 2.05) is 0 Å². The summed E-state index contributed by atoms with van der Waals surface area (Å²) in [5.41, 5.74) is 0.0957. The molecule has 3 heterocycles. The molecule has 2 aliphatic heterocycles. The second-order valence-corrected chi connectivity index (χ2v) is 9.30. The maximum absolute atomic E-state index is 12.8. The van der Waals surface area contributed by atoms with Crippen LogP contribution in [0.15, 0.2) is 18.4 Å². The van der Waals surface area contributed by atoms with E-state index in [4.69, 9.17) is 4.74 Å². The number of amidine groups is 1. The molecule has 1 aromatic rings. The Morgan fingerprint density at radius 2 is 2.27 bits per heavy atom. The summed E-state index contributed by atoms with van der Waals surface area (Å²) in [6.45, 7) is 2.03. The molecule has 26 heavy (non-hydrogen) atoms. The molecule has 0 radical (unpaired) electrons. The van der Waals surface area contributed by atoms with E-state index >= 15 is 0 Å². The van der Waals surface area contributed by atoms with E-state index in [9.17, 15) is 22.8 Å². The van der Waals surface area contributed by atoms with Gasteiger partial charge in [0.1, 0.15) is 0 Å². The lowest BCUT2D eigenvalue weighted by atomic mass is 10.2. The zero-order chi connectivity index (χ0) is 18.9. The first-order valence-corrected chi connectivity index (χ1v) is 11.2. The Bertz CT molecular complexity index is 878. The average Bonchev–Trinajstić information content (AvgIpc) is 3.29. The predicted molar refractivity (Wildman–Crippen MR) is 98.2 cm³/mol. The Hall–Kier alpha value is -1.54. The minimum absolute atomic E-state index is 0.0285. The van der Waals surface area contributed by atoms with Gasteiger partial charge < -0.3 is 20.3 Å². The largest absolute Gasteiger partial charge is 0.504 e. The first-order valence-electron chi connectivity index (χ1n) is 7.81. The molecule has 0 amide bonds. The maximum Gasteiger partial charge on any atom is 0.271 e. The van der Waals surface area contributed by atoms with Gasteiger partial charge in [0.25, 0.3) is 27.1 Å². The summed E-state index contributed by atoms with van der Waals surface area (Å²) in [5.74, 6) is -0.382. The molecule has 2 aliphatic rings. The van der Waals surface area contributed by atoms with Crippen molar-refractivity contribution < 1.29 is 27.6 Å². The van der Waals surface area contributed by atoms with Crippen molar-refractivity contribution in [2.45, 2.75) is 30.0 Å². The molecule has 1 fully saturated rings. The highest BCUT2D eigenvalue weighted by Crippen LogP contribution is 2.41. The van der Waals surface area contributed by atoms with Crippen LogP contribution in [0, 0.1) is 0 Å². The topological polar surface area (TPSA) is 141 Å². The molecule has 3 N–H and O–H groups in total. The highest BCUT2D eigenvalue weighted by molar-refractivity contribution is 7.91. The summed E-state index contributed by atoms with van der Waals surface area (Å²) < 4.78 is 50.7. The molecule has 0 spiro atoms. The number of aliphatic hydroxyl groups excluding tert-OH is 1. The summed E-state index contributed by atoms with van der Waals surface area (Å²) in [6.07, 6.45) is 1.22. The molecule has 13 heteroatoms. The Labute approximate surface area is 157 Å². The number of ether oxygens (including phenoxy) is 1. The third kappa shape index (κ3) is 3.49. The molecule has 2 atom stereocenters. The third-order valence-corrected chi connectivity index (χ3v) is 7.98. The molecule has 0 bridgehead atoms. The standard InChI is InChI=1S/C13H18N4O6S3/c1-2-23-12-11(15-25(20)16-12)14-9-7-24-13(10(9)19)26(21,22)17-5-3-4-8(17)6-18/h7-8,18-19H,2-6H2,1H3,(H,14,15). The second kappa shape index (κ2) is 7.60. The molecule has 0 aromatic carbocycles. The van der Waals surface area contributed by atoms with Gasteiger partial charge in [-0.25, -0.2) is 12.6 Å². The summed E-state index contributed by atoms with van der Waals surface area (Å²) in [7, 11) is -3.94. The van der Waals surface area contributed by atoms with Gasteiger partial charge in [0.2, 0.25) is 5.84 Å². The van der Waals surface area contributed by atoms with Crippen molar-refractivity contribution >= 4 is 50.0 Å². The first kappa shape index (κ1) is 19.2. The second-order valence-electron chi connectivity index (χ2n) is 5.50. The van der Waals surface area contributed by atoms with Crippen LogP contribution in [0.2, 0.25) is 0 Å². The van der Waals surface area contributed by atoms with Gasteiger partial charge in [0, 0.05) is 18.0 Å². The highest BCUT2D eigenvalue weighted by Gasteiger charge is 2.38. The van der Waals surface area contributed by atoms with Crippen molar-refractivity contribution in [3.63, 3.8) is 0 Å². The van der Waals surface area contributed by atoms with Crippen LogP contribution in [0.5, 0.6) is 5.75 Å². The van der Waals surface area contributed by atoms with Gasteiger partial charge in [-0.05, 0) is 19.8 Å². The minimum Gasteiger partial charge on any atom is -0.504 e. The van der Waals surface area contributed by atoms with Crippen LogP contribution in [0.1, 0.15) is 19.8 Å². The van der Waals surface area contributed by atoms with Crippen LogP contribution in [0.25, 0.3) is 0 Å². The number of nitrogens with zero attached hydrogens (tertiary/aromatic N) is 3. The van der Waals surface area contributed by atoms with E-state index < -0.39 is 33.0 Å². The number of anilines is 1. The Morgan fingerprint density at radius 1 is 1.50 bits per heavy atom. The van der Waals surface area contributed by atoms with Gasteiger partial charge in [0.15, 0.2) is 9.96 Å². The fraction of sp³-hybridized carbons (Fsp3) is 0.538. The average molecular weight is 423 g/mol. The lowest BCUT2D eigenvalue weighted by Gasteiger charge is -2.21. The molecule has 0 saturated carbocycles. The number of aromatic hydroxyl groups is 1. The lowest BCUT2D eigenvalue weighted by molar-refractivity contribution is 0.213. The molecule has 3 rings (SSSR count). The smallest absolute Gasteiger partial charge is 0.271 e. The van der Waals surface area contributed by atoms with Gasteiger partial charge in [-0.1, -0.05) is 0 Å². The number of hydrogen-bond donors (Lipinski definition) is 3. The van der Waals surface area contributed by atoms with Crippen molar-refractivity contribution in [3.8, 4) is 5.75 Å². The van der Waals surface area contributed by atoms with E-state index in [-0.39, 0.29) is 34.8 Å². The predicted octanol–water partition coefficient (Wildman–Crippen LogP) is 0.437. The zero-order valence-electron chi connectivity index (χ0n) is 13.8. The number of aliphatic hydroxyl groups is 1. The molecule has 1 saturated heterocycles. The van der Waals surface area contributed by atoms with Gasteiger partial charge in [0.05, 0.1) is 18.9 Å². The quantitative estimate of drug-likeness (QED) is 0.625. The van der Waals surface area contributed by atoms with Crippen LogP contribution >= 0.6 is 11.3 Å². The van der Waals surface area contributed by atoms with E-state index in [1.54, 1.807) is 6.92 Å². The monoisotopic (exact) mass is 422 g/mol. The molecule has 144 valence electrons. The van der Waals surface area contributed by atoms with Gasteiger partial charge >= 0.3 is 0 Å². The fourth-order valence-electron chi connectivity index (χ4n) is 2.71. The zero-order valence-corrected chi connectivity index (χ0v) is 16.2. The van der Waals surface area contributed by atoms with E-state index in [0.717, 1.165) is 11.3 Å². The molecular weight excluding hydrogens is 404 g/mol. The van der Waals surface area contributed by atoms with E-state index in [2.05, 4.69) is 14.1 Å². The molecule has 1 aromatic heterocycles. The molecule has 10 nitrogen and oxygen atoms in total. The number of rotatable bonds is 5. The Kier molecular flexibility index (Phi) is 5.62. The highest BCUT2D eigenvalue weighted by atomic mass is 32.2. The number of sulfonamides is 1. The summed E-state index contributed by atoms with van der Waals surface area (Å²) in [6, 6.07) is -0.490.